The van der Waals surface area contributed by atoms with Crippen LogP contribution in [0.4, 0.5) is 11.5 Å². The zero-order chi connectivity index (χ0) is 11.3. The number of aromatic nitrogens is 1. The highest BCUT2D eigenvalue weighted by Crippen LogP contribution is 2.14. The molecule has 0 aromatic carbocycles. The van der Waals surface area contributed by atoms with Crippen LogP contribution in [0.25, 0.3) is 0 Å². The fraction of sp³-hybridized carbons (Fsp3) is 0.500. The summed E-state index contributed by atoms with van der Waals surface area (Å²) in [7, 11) is 0. The summed E-state index contributed by atoms with van der Waals surface area (Å²) in [6.07, 6.45) is 1.67. The van der Waals surface area contributed by atoms with Gasteiger partial charge >= 0.3 is 0 Å². The highest BCUT2D eigenvalue weighted by molar-refractivity contribution is 5.51. The molecule has 0 spiro atoms. The first-order valence-electron chi connectivity index (χ1n) is 4.97. The fourth-order valence-corrected chi connectivity index (χ4v) is 1.16. The third kappa shape index (κ3) is 3.38. The number of aliphatic hydroxyl groups excluding tert-OH is 1. The smallest absolute Gasteiger partial charge is 0.141 e. The molecule has 5 heteroatoms. The summed E-state index contributed by atoms with van der Waals surface area (Å²) in [5.41, 5.74) is 3.42. The van der Waals surface area contributed by atoms with Crippen molar-refractivity contribution in [3.05, 3.63) is 18.3 Å². The van der Waals surface area contributed by atoms with E-state index in [0.29, 0.717) is 5.82 Å². The van der Waals surface area contributed by atoms with Crippen molar-refractivity contribution in [2.45, 2.75) is 19.9 Å². The number of hydrogen-bond acceptors (Lipinski definition) is 5. The van der Waals surface area contributed by atoms with Crippen LogP contribution < -0.4 is 16.6 Å². The van der Waals surface area contributed by atoms with E-state index >= 15 is 0 Å². The number of pyridine rings is 1. The normalized spacial score (nSPS) is 14.4. The van der Waals surface area contributed by atoms with Gasteiger partial charge < -0.3 is 15.8 Å². The highest BCUT2D eigenvalue weighted by atomic mass is 16.3. The SMILES string of the molecule is CC(CO)C(C)Nc1ccnc(NN)c1. The highest BCUT2D eigenvalue weighted by Gasteiger charge is 2.10. The summed E-state index contributed by atoms with van der Waals surface area (Å²) >= 11 is 0. The molecule has 5 N–H and O–H groups in total. The lowest BCUT2D eigenvalue weighted by molar-refractivity contribution is 0.226. The predicted octanol–water partition coefficient (Wildman–Crippen LogP) is 0.796. The van der Waals surface area contributed by atoms with Crippen LogP contribution in [-0.2, 0) is 0 Å². The van der Waals surface area contributed by atoms with E-state index in [2.05, 4.69) is 15.7 Å². The second-order valence-corrected chi connectivity index (χ2v) is 3.67. The van der Waals surface area contributed by atoms with Gasteiger partial charge in [0.25, 0.3) is 0 Å². The number of aliphatic hydroxyl groups is 1. The molecule has 2 unspecified atom stereocenters. The van der Waals surface area contributed by atoms with Gasteiger partial charge in [0.05, 0.1) is 0 Å². The maximum absolute atomic E-state index is 9.00. The molecule has 1 rings (SSSR count). The molecule has 0 aliphatic heterocycles. The second kappa shape index (κ2) is 5.53. The maximum Gasteiger partial charge on any atom is 0.141 e. The van der Waals surface area contributed by atoms with Crippen LogP contribution in [-0.4, -0.2) is 22.7 Å². The van der Waals surface area contributed by atoms with E-state index in [0.717, 1.165) is 5.69 Å². The zero-order valence-electron chi connectivity index (χ0n) is 9.07. The van der Waals surface area contributed by atoms with Gasteiger partial charge in [-0.1, -0.05) is 6.92 Å². The zero-order valence-corrected chi connectivity index (χ0v) is 9.07. The largest absolute Gasteiger partial charge is 0.396 e. The first kappa shape index (κ1) is 11.7. The lowest BCUT2D eigenvalue weighted by Crippen LogP contribution is -2.26. The lowest BCUT2D eigenvalue weighted by atomic mass is 10.1. The molecule has 5 nitrogen and oxygen atoms in total. The molecule has 0 amide bonds. The number of nitrogen functional groups attached to an aromatic ring is 1. The topological polar surface area (TPSA) is 83.2 Å². The summed E-state index contributed by atoms with van der Waals surface area (Å²) in [5.74, 6) is 6.07. The van der Waals surface area contributed by atoms with Gasteiger partial charge in [0.15, 0.2) is 0 Å². The molecule has 84 valence electrons. The summed E-state index contributed by atoms with van der Waals surface area (Å²) < 4.78 is 0. The third-order valence-corrected chi connectivity index (χ3v) is 2.44. The first-order valence-corrected chi connectivity index (χ1v) is 4.97. The van der Waals surface area contributed by atoms with E-state index < -0.39 is 0 Å². The molecule has 1 aromatic heterocycles. The lowest BCUT2D eigenvalue weighted by Gasteiger charge is -2.20. The van der Waals surface area contributed by atoms with E-state index in [1.165, 1.54) is 0 Å². The van der Waals surface area contributed by atoms with Gasteiger partial charge in [-0.15, -0.1) is 0 Å². The van der Waals surface area contributed by atoms with Crippen LogP contribution in [0.15, 0.2) is 18.3 Å². The van der Waals surface area contributed by atoms with Crippen molar-refractivity contribution in [3.63, 3.8) is 0 Å². The van der Waals surface area contributed by atoms with Crippen molar-refractivity contribution in [1.29, 1.82) is 0 Å². The summed E-state index contributed by atoms with van der Waals surface area (Å²) in [5, 5.41) is 12.3. The van der Waals surface area contributed by atoms with Gasteiger partial charge in [0, 0.05) is 30.6 Å². The van der Waals surface area contributed by atoms with Crippen molar-refractivity contribution in [3.8, 4) is 0 Å². The quantitative estimate of drug-likeness (QED) is 0.427. The van der Waals surface area contributed by atoms with Crippen LogP contribution in [0.1, 0.15) is 13.8 Å². The molecule has 0 radical (unpaired) electrons. The molecular weight excluding hydrogens is 192 g/mol. The molecule has 1 aromatic rings. The molecule has 0 saturated carbocycles. The minimum absolute atomic E-state index is 0.168. The minimum Gasteiger partial charge on any atom is -0.396 e. The Bertz CT molecular complexity index is 305. The Labute approximate surface area is 89.7 Å². The monoisotopic (exact) mass is 210 g/mol. The number of hydrazine groups is 1. The minimum atomic E-state index is 0.168. The van der Waals surface area contributed by atoms with E-state index in [1.807, 2.05) is 26.0 Å². The Morgan fingerprint density at radius 2 is 2.27 bits per heavy atom. The van der Waals surface area contributed by atoms with E-state index in [4.69, 9.17) is 10.9 Å². The molecular formula is C10H18N4O. The summed E-state index contributed by atoms with van der Waals surface area (Å²) in [4.78, 5) is 4.00. The number of anilines is 2. The molecule has 15 heavy (non-hydrogen) atoms. The van der Waals surface area contributed by atoms with Crippen LogP contribution in [0.3, 0.4) is 0 Å². The average molecular weight is 210 g/mol. The van der Waals surface area contributed by atoms with Crippen LogP contribution in [0, 0.1) is 5.92 Å². The molecule has 0 saturated heterocycles. The molecule has 0 fully saturated rings. The number of nitrogens with one attached hydrogen (secondary N) is 2. The van der Waals surface area contributed by atoms with E-state index in [9.17, 15) is 0 Å². The van der Waals surface area contributed by atoms with Crippen molar-refractivity contribution >= 4 is 11.5 Å². The van der Waals surface area contributed by atoms with E-state index in [-0.39, 0.29) is 18.6 Å². The third-order valence-electron chi connectivity index (χ3n) is 2.44. The maximum atomic E-state index is 9.00. The van der Waals surface area contributed by atoms with Crippen molar-refractivity contribution in [2.24, 2.45) is 11.8 Å². The summed E-state index contributed by atoms with van der Waals surface area (Å²) in [6.45, 7) is 4.18. The van der Waals surface area contributed by atoms with Crippen LogP contribution >= 0.6 is 0 Å². The number of nitrogens with zero attached hydrogens (tertiary/aromatic N) is 1. The van der Waals surface area contributed by atoms with Gasteiger partial charge in [0.2, 0.25) is 0 Å². The molecule has 0 aliphatic rings. The van der Waals surface area contributed by atoms with Gasteiger partial charge in [0.1, 0.15) is 5.82 Å². The van der Waals surface area contributed by atoms with Gasteiger partial charge in [-0.2, -0.15) is 0 Å². The number of hydrogen-bond donors (Lipinski definition) is 4. The fourth-order valence-electron chi connectivity index (χ4n) is 1.16. The molecule has 2 atom stereocenters. The predicted molar refractivity (Wildman–Crippen MR) is 61.4 cm³/mol. The Morgan fingerprint density at radius 3 is 2.87 bits per heavy atom. The van der Waals surface area contributed by atoms with Crippen molar-refractivity contribution in [2.75, 3.05) is 17.3 Å². The Morgan fingerprint density at radius 1 is 1.53 bits per heavy atom. The van der Waals surface area contributed by atoms with Gasteiger partial charge in [-0.3, -0.25) is 0 Å². The Hall–Kier alpha value is -1.33. The second-order valence-electron chi connectivity index (χ2n) is 3.67. The Balaban J connectivity index is 2.63. The Kier molecular flexibility index (Phi) is 4.33. The number of nitrogens with two attached hydrogens (primary N) is 1. The van der Waals surface area contributed by atoms with Gasteiger partial charge in [-0.25, -0.2) is 10.8 Å². The molecule has 1 heterocycles. The van der Waals surface area contributed by atoms with Gasteiger partial charge in [-0.05, 0) is 18.9 Å². The van der Waals surface area contributed by atoms with Crippen molar-refractivity contribution in [1.82, 2.24) is 4.98 Å². The number of rotatable bonds is 5. The molecule has 0 bridgehead atoms. The standard InChI is InChI=1S/C10H18N4O/c1-7(6-15)8(2)13-9-3-4-12-10(5-9)14-11/h3-5,7-8,15H,6,11H2,1-2H3,(H2,12,13,14). The summed E-state index contributed by atoms with van der Waals surface area (Å²) in [6, 6.07) is 3.88. The van der Waals surface area contributed by atoms with Crippen LogP contribution in [0.5, 0.6) is 0 Å². The van der Waals surface area contributed by atoms with Crippen LogP contribution in [0.2, 0.25) is 0 Å². The van der Waals surface area contributed by atoms with E-state index in [1.54, 1.807) is 6.20 Å². The first-order chi connectivity index (χ1) is 7.17. The van der Waals surface area contributed by atoms with Crippen molar-refractivity contribution < 1.29 is 5.11 Å². The average Bonchev–Trinajstić information content (AvgIpc) is 2.28. The molecule has 0 aliphatic carbocycles.